The summed E-state index contributed by atoms with van der Waals surface area (Å²) < 4.78 is 0. The smallest absolute Gasteiger partial charge is 0.0362 e. The predicted octanol–water partition coefficient (Wildman–Crippen LogP) is 4.74. The van der Waals surface area contributed by atoms with Gasteiger partial charge in [0.1, 0.15) is 0 Å². The van der Waals surface area contributed by atoms with Crippen molar-refractivity contribution in [2.45, 2.75) is 60.3 Å². The van der Waals surface area contributed by atoms with E-state index in [2.05, 4.69) is 34.6 Å². The molecule has 0 saturated heterocycles. The van der Waals surface area contributed by atoms with Gasteiger partial charge < -0.3 is 0 Å². The van der Waals surface area contributed by atoms with E-state index in [1.807, 2.05) is 0 Å². The molecule has 0 heteroatoms. The predicted molar refractivity (Wildman–Crippen MR) is 64.3 cm³/mol. The zero-order chi connectivity index (χ0) is 10.7. The van der Waals surface area contributed by atoms with E-state index in [1.165, 1.54) is 25.7 Å². The molecule has 0 aromatic rings. The molecule has 1 aliphatic carbocycles. The van der Waals surface area contributed by atoms with Crippen LogP contribution in [0.25, 0.3) is 0 Å². The van der Waals surface area contributed by atoms with Crippen molar-refractivity contribution < 1.29 is 0 Å². The maximum atomic E-state index is 2.47. The Bertz CT molecular complexity index is 159. The van der Waals surface area contributed by atoms with E-state index in [1.54, 1.807) is 0 Å². The fourth-order valence-electron chi connectivity index (χ4n) is 3.25. The molecule has 0 radical (unpaired) electrons. The number of rotatable bonds is 5. The largest absolute Gasteiger partial charge is 0.0628 e. The minimum atomic E-state index is 0.871. The van der Waals surface area contributed by atoms with Crippen LogP contribution in [0.3, 0.4) is 0 Å². The standard InChI is InChI=1S/C14H28/c1-10(2)8-11(3)9-13(5)14-7-6-12(14)4/h10-14H,6-9H2,1-5H3. The molecule has 0 N–H and O–H groups in total. The van der Waals surface area contributed by atoms with Crippen LogP contribution >= 0.6 is 0 Å². The SMILES string of the molecule is CC(C)CC(C)CC(C)C1CCC1C. The molecule has 0 bridgehead atoms. The van der Waals surface area contributed by atoms with Gasteiger partial charge >= 0.3 is 0 Å². The zero-order valence-electron chi connectivity index (χ0n) is 10.7. The lowest BCUT2D eigenvalue weighted by atomic mass is 9.66. The second-order valence-electron chi connectivity index (χ2n) is 6.17. The average Bonchev–Trinajstić information content (AvgIpc) is 1.99. The summed E-state index contributed by atoms with van der Waals surface area (Å²) in [5.41, 5.74) is 0. The van der Waals surface area contributed by atoms with Gasteiger partial charge in [-0.05, 0) is 48.9 Å². The van der Waals surface area contributed by atoms with Crippen LogP contribution in [0, 0.1) is 29.6 Å². The van der Waals surface area contributed by atoms with Crippen molar-refractivity contribution in [1.29, 1.82) is 0 Å². The van der Waals surface area contributed by atoms with Crippen molar-refractivity contribution in [3.63, 3.8) is 0 Å². The molecule has 84 valence electrons. The first-order valence-electron chi connectivity index (χ1n) is 6.50. The first-order chi connectivity index (χ1) is 6.50. The molecule has 4 unspecified atom stereocenters. The van der Waals surface area contributed by atoms with Crippen LogP contribution < -0.4 is 0 Å². The molecule has 4 atom stereocenters. The second kappa shape index (κ2) is 5.19. The first kappa shape index (κ1) is 12.1. The minimum Gasteiger partial charge on any atom is -0.0628 e. The monoisotopic (exact) mass is 196 g/mol. The molecule has 1 fully saturated rings. The van der Waals surface area contributed by atoms with Crippen molar-refractivity contribution in [3.8, 4) is 0 Å². The van der Waals surface area contributed by atoms with Crippen LogP contribution in [0.2, 0.25) is 0 Å². The lowest BCUT2D eigenvalue weighted by Gasteiger charge is -2.39. The van der Waals surface area contributed by atoms with Crippen molar-refractivity contribution in [1.82, 2.24) is 0 Å². The highest BCUT2D eigenvalue weighted by atomic mass is 14.4. The quantitative estimate of drug-likeness (QED) is 0.595. The molecule has 1 saturated carbocycles. The van der Waals surface area contributed by atoms with Gasteiger partial charge in [0.15, 0.2) is 0 Å². The van der Waals surface area contributed by atoms with Crippen molar-refractivity contribution >= 4 is 0 Å². The van der Waals surface area contributed by atoms with Crippen LogP contribution in [0.1, 0.15) is 60.3 Å². The maximum absolute atomic E-state index is 2.47. The Kier molecular flexibility index (Phi) is 4.47. The lowest BCUT2D eigenvalue weighted by molar-refractivity contribution is 0.110. The molecule has 0 heterocycles. The lowest BCUT2D eigenvalue weighted by Crippen LogP contribution is -2.30. The summed E-state index contributed by atoms with van der Waals surface area (Å²) in [6, 6.07) is 0. The Morgan fingerprint density at radius 1 is 1.00 bits per heavy atom. The summed E-state index contributed by atoms with van der Waals surface area (Å²) in [4.78, 5) is 0. The summed E-state index contributed by atoms with van der Waals surface area (Å²) in [5.74, 6) is 4.82. The van der Waals surface area contributed by atoms with Gasteiger partial charge in [0.25, 0.3) is 0 Å². The van der Waals surface area contributed by atoms with Crippen LogP contribution in [-0.4, -0.2) is 0 Å². The molecule has 0 aliphatic heterocycles. The maximum Gasteiger partial charge on any atom is -0.0362 e. The Labute approximate surface area is 90.5 Å². The van der Waals surface area contributed by atoms with E-state index in [0.717, 1.165) is 29.6 Å². The summed E-state index contributed by atoms with van der Waals surface area (Å²) in [6.07, 6.45) is 5.84. The summed E-state index contributed by atoms with van der Waals surface area (Å²) in [7, 11) is 0. The first-order valence-corrected chi connectivity index (χ1v) is 6.50. The van der Waals surface area contributed by atoms with E-state index in [0.29, 0.717) is 0 Å². The summed E-state index contributed by atoms with van der Waals surface area (Å²) in [6.45, 7) is 12.0. The summed E-state index contributed by atoms with van der Waals surface area (Å²) in [5, 5.41) is 0. The molecule has 0 spiro atoms. The fourth-order valence-corrected chi connectivity index (χ4v) is 3.25. The van der Waals surface area contributed by atoms with Crippen molar-refractivity contribution in [2.24, 2.45) is 29.6 Å². The van der Waals surface area contributed by atoms with E-state index < -0.39 is 0 Å². The van der Waals surface area contributed by atoms with Crippen molar-refractivity contribution in [2.75, 3.05) is 0 Å². The van der Waals surface area contributed by atoms with Crippen molar-refractivity contribution in [3.05, 3.63) is 0 Å². The zero-order valence-corrected chi connectivity index (χ0v) is 10.7. The summed E-state index contributed by atoms with van der Waals surface area (Å²) >= 11 is 0. The highest BCUT2D eigenvalue weighted by Gasteiger charge is 2.31. The van der Waals surface area contributed by atoms with Gasteiger partial charge in [0.2, 0.25) is 0 Å². The Balaban J connectivity index is 2.22. The van der Waals surface area contributed by atoms with Gasteiger partial charge in [0, 0.05) is 0 Å². The normalized spacial score (nSPS) is 31.3. The molecule has 0 nitrogen and oxygen atoms in total. The van der Waals surface area contributed by atoms with E-state index in [-0.39, 0.29) is 0 Å². The van der Waals surface area contributed by atoms with E-state index in [9.17, 15) is 0 Å². The Morgan fingerprint density at radius 2 is 1.64 bits per heavy atom. The van der Waals surface area contributed by atoms with Crippen LogP contribution in [0.5, 0.6) is 0 Å². The second-order valence-corrected chi connectivity index (χ2v) is 6.17. The molecular weight excluding hydrogens is 168 g/mol. The van der Waals surface area contributed by atoms with E-state index in [4.69, 9.17) is 0 Å². The van der Waals surface area contributed by atoms with E-state index >= 15 is 0 Å². The molecule has 0 aromatic heterocycles. The van der Waals surface area contributed by atoms with Gasteiger partial charge in [-0.25, -0.2) is 0 Å². The van der Waals surface area contributed by atoms with Gasteiger partial charge in [0.05, 0.1) is 0 Å². The Hall–Kier alpha value is 0. The molecule has 0 amide bonds. The average molecular weight is 196 g/mol. The van der Waals surface area contributed by atoms with Crippen LogP contribution in [-0.2, 0) is 0 Å². The molecule has 1 rings (SSSR count). The number of hydrogen-bond acceptors (Lipinski definition) is 0. The van der Waals surface area contributed by atoms with Gasteiger partial charge in [-0.1, -0.05) is 41.0 Å². The highest BCUT2D eigenvalue weighted by molar-refractivity contribution is 4.82. The third-order valence-electron chi connectivity index (χ3n) is 4.07. The molecule has 1 aliphatic rings. The third-order valence-corrected chi connectivity index (χ3v) is 4.07. The molecule has 14 heavy (non-hydrogen) atoms. The van der Waals surface area contributed by atoms with Gasteiger partial charge in [-0.3, -0.25) is 0 Å². The minimum absolute atomic E-state index is 0.871. The fraction of sp³-hybridized carbons (Fsp3) is 1.00. The highest BCUT2D eigenvalue weighted by Crippen LogP contribution is 2.41. The van der Waals surface area contributed by atoms with Crippen LogP contribution in [0.15, 0.2) is 0 Å². The Morgan fingerprint density at radius 3 is 2.00 bits per heavy atom. The van der Waals surface area contributed by atoms with Gasteiger partial charge in [-0.2, -0.15) is 0 Å². The topological polar surface area (TPSA) is 0 Å². The van der Waals surface area contributed by atoms with Gasteiger partial charge in [-0.15, -0.1) is 0 Å². The third kappa shape index (κ3) is 3.29. The molecule has 0 aromatic carbocycles. The number of hydrogen-bond donors (Lipinski definition) is 0. The van der Waals surface area contributed by atoms with Crippen LogP contribution in [0.4, 0.5) is 0 Å². The molecular formula is C14H28.